The smallest absolute Gasteiger partial charge is 0.267 e. The normalized spacial score (nSPS) is 18.7. The Bertz CT molecular complexity index is 901. The highest BCUT2D eigenvalue weighted by Crippen LogP contribution is 2.24. The van der Waals surface area contributed by atoms with Crippen molar-refractivity contribution < 1.29 is 13.2 Å². The van der Waals surface area contributed by atoms with Crippen molar-refractivity contribution in [3.05, 3.63) is 41.6 Å². The van der Waals surface area contributed by atoms with Crippen LogP contribution in [0.5, 0.6) is 0 Å². The summed E-state index contributed by atoms with van der Waals surface area (Å²) in [6.07, 6.45) is 2.02. The van der Waals surface area contributed by atoms with E-state index < -0.39 is 15.7 Å². The molecule has 0 radical (unpaired) electrons. The fourth-order valence-electron chi connectivity index (χ4n) is 3.31. The lowest BCUT2D eigenvalue weighted by Gasteiger charge is -2.28. The number of hydrogen-bond acceptors (Lipinski definition) is 6. The zero-order valence-corrected chi connectivity index (χ0v) is 18.4. The minimum Gasteiger partial charge on any atom is -0.371 e. The van der Waals surface area contributed by atoms with Crippen LogP contribution in [-0.2, 0) is 14.6 Å². The molecule has 0 aliphatic carbocycles. The molecule has 1 aliphatic heterocycles. The summed E-state index contributed by atoms with van der Waals surface area (Å²) in [6.45, 7) is 5.29. The van der Waals surface area contributed by atoms with E-state index in [1.165, 1.54) is 6.20 Å². The van der Waals surface area contributed by atoms with Gasteiger partial charge in [0.15, 0.2) is 9.84 Å². The molecule has 0 spiro atoms. The Labute approximate surface area is 173 Å². The molecule has 1 saturated heterocycles. The Morgan fingerprint density at radius 1 is 1.31 bits per heavy atom. The lowest BCUT2D eigenvalue weighted by atomic mass is 10.0. The van der Waals surface area contributed by atoms with Crippen LogP contribution in [-0.4, -0.2) is 68.9 Å². The number of sulfone groups is 1. The maximum absolute atomic E-state index is 12.8. The molecular formula is C21H30N4O3S. The number of carbonyl (C=O) groups excluding carboxylic acids is 1. The van der Waals surface area contributed by atoms with Crippen molar-refractivity contribution >= 4 is 21.4 Å². The number of carbonyl (C=O) groups is 1. The predicted molar refractivity (Wildman–Crippen MR) is 115 cm³/mol. The van der Waals surface area contributed by atoms with Gasteiger partial charge < -0.3 is 15.1 Å². The van der Waals surface area contributed by atoms with E-state index in [4.69, 9.17) is 0 Å². The van der Waals surface area contributed by atoms with Crippen LogP contribution < -0.4 is 5.32 Å². The van der Waals surface area contributed by atoms with Gasteiger partial charge in [0.1, 0.15) is 11.6 Å². The van der Waals surface area contributed by atoms with Gasteiger partial charge in [-0.25, -0.2) is 8.42 Å². The van der Waals surface area contributed by atoms with Crippen molar-refractivity contribution in [1.82, 2.24) is 9.80 Å². The standard InChI is InChI=1S/C21H30N4O3S/c1-16(2)19-7-5-6-8-20(19)23-21(26)17(13-22)14-25(11-10-24(3)4)18-9-12-29(27,28)15-18/h5-8,14,16,18H,9-12,15H2,1-4H3,(H,23,26)/b17-14-. The van der Waals surface area contributed by atoms with Crippen molar-refractivity contribution in [2.24, 2.45) is 0 Å². The van der Waals surface area contributed by atoms with Gasteiger partial charge in [-0.05, 0) is 38.1 Å². The second kappa shape index (κ2) is 9.90. The average molecular weight is 419 g/mol. The Morgan fingerprint density at radius 2 is 2.00 bits per heavy atom. The molecule has 1 aromatic rings. The van der Waals surface area contributed by atoms with Gasteiger partial charge in [0.25, 0.3) is 5.91 Å². The van der Waals surface area contributed by atoms with Crippen LogP contribution in [0, 0.1) is 11.3 Å². The van der Waals surface area contributed by atoms with E-state index in [0.29, 0.717) is 25.2 Å². The first-order valence-corrected chi connectivity index (χ1v) is 11.6. The number of amides is 1. The number of likely N-dealkylation sites (N-methyl/N-ethyl adjacent to an activating group) is 1. The summed E-state index contributed by atoms with van der Waals surface area (Å²) in [4.78, 5) is 16.6. The molecule has 1 unspecified atom stereocenters. The topological polar surface area (TPSA) is 93.5 Å². The fourth-order valence-corrected chi connectivity index (χ4v) is 5.06. The maximum atomic E-state index is 12.8. The first-order chi connectivity index (χ1) is 13.6. The molecule has 0 aromatic heterocycles. The number of para-hydroxylation sites is 1. The molecule has 1 amide bonds. The van der Waals surface area contributed by atoms with Crippen molar-refractivity contribution in [1.29, 1.82) is 5.26 Å². The quantitative estimate of drug-likeness (QED) is 0.514. The monoisotopic (exact) mass is 418 g/mol. The number of nitriles is 1. The van der Waals surface area contributed by atoms with Crippen LogP contribution in [0.4, 0.5) is 5.69 Å². The number of anilines is 1. The fraction of sp³-hybridized carbons (Fsp3) is 0.524. The summed E-state index contributed by atoms with van der Waals surface area (Å²) in [5.41, 5.74) is 1.63. The van der Waals surface area contributed by atoms with Gasteiger partial charge in [0.05, 0.1) is 11.5 Å². The molecule has 1 atom stereocenters. The van der Waals surface area contributed by atoms with Crippen LogP contribution >= 0.6 is 0 Å². The van der Waals surface area contributed by atoms with Crippen LogP contribution in [0.1, 0.15) is 31.7 Å². The molecule has 1 fully saturated rings. The van der Waals surface area contributed by atoms with Crippen LogP contribution in [0.2, 0.25) is 0 Å². The van der Waals surface area contributed by atoms with E-state index in [2.05, 4.69) is 5.32 Å². The van der Waals surface area contributed by atoms with Gasteiger partial charge in [-0.15, -0.1) is 0 Å². The molecule has 1 aromatic carbocycles. The summed E-state index contributed by atoms with van der Waals surface area (Å²) < 4.78 is 23.8. The summed E-state index contributed by atoms with van der Waals surface area (Å²) in [5, 5.41) is 12.4. The summed E-state index contributed by atoms with van der Waals surface area (Å²) in [7, 11) is 0.776. The highest BCUT2D eigenvalue weighted by Gasteiger charge is 2.31. The molecule has 0 bridgehead atoms. The van der Waals surface area contributed by atoms with E-state index in [1.807, 2.05) is 68.1 Å². The number of hydrogen-bond donors (Lipinski definition) is 1. The molecular weight excluding hydrogens is 388 g/mol. The van der Waals surface area contributed by atoms with Crippen LogP contribution in [0.25, 0.3) is 0 Å². The van der Waals surface area contributed by atoms with Gasteiger partial charge >= 0.3 is 0 Å². The van der Waals surface area contributed by atoms with E-state index in [1.54, 1.807) is 0 Å². The molecule has 1 aliphatic rings. The first kappa shape index (κ1) is 22.9. The third-order valence-corrected chi connectivity index (χ3v) is 6.72. The third kappa shape index (κ3) is 6.58. The van der Waals surface area contributed by atoms with Crippen molar-refractivity contribution in [2.75, 3.05) is 44.0 Å². The van der Waals surface area contributed by atoms with Gasteiger partial charge in [-0.3, -0.25) is 4.79 Å². The Balaban J connectivity index is 2.25. The van der Waals surface area contributed by atoms with Gasteiger partial charge in [-0.2, -0.15) is 5.26 Å². The summed E-state index contributed by atoms with van der Waals surface area (Å²) in [6, 6.07) is 9.27. The molecule has 8 heteroatoms. The van der Waals surface area contributed by atoms with Crippen molar-refractivity contribution in [2.45, 2.75) is 32.2 Å². The summed E-state index contributed by atoms with van der Waals surface area (Å²) >= 11 is 0. The minimum atomic E-state index is -3.07. The Hall–Kier alpha value is -2.37. The molecule has 7 nitrogen and oxygen atoms in total. The van der Waals surface area contributed by atoms with Crippen molar-refractivity contribution in [3.63, 3.8) is 0 Å². The minimum absolute atomic E-state index is 0.0355. The lowest BCUT2D eigenvalue weighted by molar-refractivity contribution is -0.112. The highest BCUT2D eigenvalue weighted by molar-refractivity contribution is 7.91. The third-order valence-electron chi connectivity index (χ3n) is 4.97. The predicted octanol–water partition coefficient (Wildman–Crippen LogP) is 2.21. The SMILES string of the molecule is CC(C)c1ccccc1NC(=O)/C(C#N)=C\N(CCN(C)C)C1CCS(=O)(=O)C1. The number of nitrogens with zero attached hydrogens (tertiary/aromatic N) is 3. The molecule has 2 rings (SSSR count). The van der Waals surface area contributed by atoms with E-state index in [-0.39, 0.29) is 29.0 Å². The maximum Gasteiger partial charge on any atom is 0.267 e. The highest BCUT2D eigenvalue weighted by atomic mass is 32.2. The molecule has 158 valence electrons. The van der Waals surface area contributed by atoms with E-state index in [0.717, 1.165) is 5.56 Å². The van der Waals surface area contributed by atoms with Gasteiger partial charge in [0.2, 0.25) is 0 Å². The van der Waals surface area contributed by atoms with Gasteiger partial charge in [0, 0.05) is 31.0 Å². The van der Waals surface area contributed by atoms with E-state index in [9.17, 15) is 18.5 Å². The molecule has 1 heterocycles. The summed E-state index contributed by atoms with van der Waals surface area (Å²) in [5.74, 6) is -0.0783. The lowest BCUT2D eigenvalue weighted by Crippen LogP contribution is -2.37. The number of rotatable bonds is 8. The molecule has 1 N–H and O–H groups in total. The van der Waals surface area contributed by atoms with Crippen molar-refractivity contribution in [3.8, 4) is 6.07 Å². The Morgan fingerprint density at radius 3 is 2.55 bits per heavy atom. The molecule has 0 saturated carbocycles. The van der Waals surface area contributed by atoms with Crippen LogP contribution in [0.15, 0.2) is 36.0 Å². The first-order valence-electron chi connectivity index (χ1n) is 9.76. The van der Waals surface area contributed by atoms with Gasteiger partial charge in [-0.1, -0.05) is 32.0 Å². The second-order valence-corrected chi connectivity index (χ2v) is 10.2. The molecule has 29 heavy (non-hydrogen) atoms. The average Bonchev–Trinajstić information content (AvgIpc) is 3.01. The zero-order chi connectivity index (χ0) is 21.6. The largest absolute Gasteiger partial charge is 0.371 e. The van der Waals surface area contributed by atoms with Crippen LogP contribution in [0.3, 0.4) is 0 Å². The number of nitrogens with one attached hydrogen (secondary N) is 1. The zero-order valence-electron chi connectivity index (χ0n) is 17.6. The second-order valence-electron chi connectivity index (χ2n) is 7.95. The van der Waals surface area contributed by atoms with E-state index >= 15 is 0 Å². The number of benzene rings is 1. The Kier molecular flexibility index (Phi) is 7.82.